The zero-order valence-electron chi connectivity index (χ0n) is 21.3. The maximum atomic E-state index is 13.5. The molecule has 0 bridgehead atoms. The normalized spacial score (nSPS) is 15.2. The molecule has 1 heterocycles. The van der Waals surface area contributed by atoms with Gasteiger partial charge in [-0.2, -0.15) is 4.31 Å². The van der Waals surface area contributed by atoms with Crippen molar-refractivity contribution < 1.29 is 22.7 Å². The van der Waals surface area contributed by atoms with Crippen LogP contribution in [0.3, 0.4) is 0 Å². The van der Waals surface area contributed by atoms with Gasteiger partial charge < -0.3 is 14.8 Å². The van der Waals surface area contributed by atoms with Crippen molar-refractivity contribution in [3.8, 4) is 5.75 Å². The van der Waals surface area contributed by atoms with Crippen molar-refractivity contribution in [1.29, 1.82) is 0 Å². The van der Waals surface area contributed by atoms with Crippen LogP contribution in [0.5, 0.6) is 5.75 Å². The molecule has 0 radical (unpaired) electrons. The molecule has 0 spiro atoms. The Balaban J connectivity index is 1.51. The van der Waals surface area contributed by atoms with Gasteiger partial charge in [-0.25, -0.2) is 8.42 Å². The molecule has 0 aromatic heterocycles. The Morgan fingerprint density at radius 2 is 1.68 bits per heavy atom. The molecule has 38 heavy (non-hydrogen) atoms. The average molecular weight is 558 g/mol. The van der Waals surface area contributed by atoms with Gasteiger partial charge in [0.15, 0.2) is 0 Å². The van der Waals surface area contributed by atoms with Crippen LogP contribution < -0.4 is 10.1 Å². The van der Waals surface area contributed by atoms with E-state index in [1.807, 2.05) is 54.6 Å². The molecule has 3 aromatic rings. The lowest BCUT2D eigenvalue weighted by Gasteiger charge is -2.35. The molecule has 1 aliphatic heterocycles. The quantitative estimate of drug-likeness (QED) is 0.386. The second-order valence-corrected chi connectivity index (χ2v) is 11.3. The minimum absolute atomic E-state index is 0.0601. The Morgan fingerprint density at radius 1 is 1.03 bits per heavy atom. The summed E-state index contributed by atoms with van der Waals surface area (Å²) < 4.78 is 39.0. The van der Waals surface area contributed by atoms with Crippen LogP contribution in [0.2, 0.25) is 5.02 Å². The fourth-order valence-corrected chi connectivity index (χ4v) is 5.88. The molecular formula is C28H32ClN3O5S. The van der Waals surface area contributed by atoms with Gasteiger partial charge in [0, 0.05) is 31.2 Å². The summed E-state index contributed by atoms with van der Waals surface area (Å²) in [4.78, 5) is 15.5. The Kier molecular flexibility index (Phi) is 9.76. The summed E-state index contributed by atoms with van der Waals surface area (Å²) in [6.45, 7) is 2.76. The van der Waals surface area contributed by atoms with Crippen molar-refractivity contribution in [2.45, 2.75) is 17.5 Å². The Morgan fingerprint density at radius 3 is 2.32 bits per heavy atom. The number of hydrogen-bond donors (Lipinski definition) is 1. The number of nitrogens with zero attached hydrogens (tertiary/aromatic N) is 2. The first kappa shape index (κ1) is 28.1. The predicted molar refractivity (Wildman–Crippen MR) is 147 cm³/mol. The van der Waals surface area contributed by atoms with E-state index in [-0.39, 0.29) is 29.9 Å². The van der Waals surface area contributed by atoms with Crippen LogP contribution in [0.25, 0.3) is 0 Å². The van der Waals surface area contributed by atoms with E-state index >= 15 is 0 Å². The topological polar surface area (TPSA) is 88.2 Å². The number of rotatable bonds is 11. The lowest BCUT2D eigenvalue weighted by molar-refractivity contribution is -0.121. The van der Waals surface area contributed by atoms with Crippen LogP contribution in [0.4, 0.5) is 0 Å². The average Bonchev–Trinajstić information content (AvgIpc) is 2.94. The third-order valence-corrected chi connectivity index (χ3v) is 8.51. The van der Waals surface area contributed by atoms with E-state index in [0.717, 1.165) is 30.0 Å². The summed E-state index contributed by atoms with van der Waals surface area (Å²) in [5.41, 5.74) is 1.81. The largest absolute Gasteiger partial charge is 0.497 e. The summed E-state index contributed by atoms with van der Waals surface area (Å²) in [5.74, 6) is 0.368. The standard InChI is InChI=1S/C28H32ClN3O5S/c1-36-25-11-7-23(8-12-25)27(31-15-17-37-18-16-31)19-30-28(33)21-32(20-22-5-3-2-4-6-22)38(34,35)26-13-9-24(29)10-14-26/h2-14,27H,15-21H2,1H3,(H,30,33)/t27-/m1/s1. The number of methoxy groups -OCH3 is 1. The highest BCUT2D eigenvalue weighted by molar-refractivity contribution is 7.89. The number of carbonyl (C=O) groups is 1. The van der Waals surface area contributed by atoms with Gasteiger partial charge in [0.05, 0.1) is 37.8 Å². The van der Waals surface area contributed by atoms with E-state index < -0.39 is 10.0 Å². The lowest BCUT2D eigenvalue weighted by atomic mass is 10.0. The minimum atomic E-state index is -3.96. The second kappa shape index (κ2) is 13.2. The first-order valence-corrected chi connectivity index (χ1v) is 14.2. The summed E-state index contributed by atoms with van der Waals surface area (Å²) in [6, 6.07) is 22.8. The maximum absolute atomic E-state index is 13.5. The van der Waals surface area contributed by atoms with Gasteiger partial charge in [-0.15, -0.1) is 0 Å². The van der Waals surface area contributed by atoms with Crippen molar-refractivity contribution in [2.75, 3.05) is 46.5 Å². The summed E-state index contributed by atoms with van der Waals surface area (Å²) in [5, 5.41) is 3.41. The van der Waals surface area contributed by atoms with E-state index in [9.17, 15) is 13.2 Å². The van der Waals surface area contributed by atoms with Crippen LogP contribution in [0.15, 0.2) is 83.8 Å². The Hall–Kier alpha value is -2.95. The fraction of sp³-hybridized carbons (Fsp3) is 0.321. The summed E-state index contributed by atoms with van der Waals surface area (Å²) >= 11 is 5.97. The second-order valence-electron chi connectivity index (χ2n) is 8.95. The molecule has 1 saturated heterocycles. The Labute approximate surface area is 229 Å². The predicted octanol–water partition coefficient (Wildman–Crippen LogP) is 3.73. The number of amides is 1. The Bertz CT molecular complexity index is 1280. The molecule has 3 aromatic carbocycles. The zero-order chi connectivity index (χ0) is 27.0. The van der Waals surface area contributed by atoms with E-state index in [4.69, 9.17) is 21.1 Å². The van der Waals surface area contributed by atoms with E-state index in [1.54, 1.807) is 7.11 Å². The highest BCUT2D eigenvalue weighted by Crippen LogP contribution is 2.24. The number of ether oxygens (including phenoxy) is 2. The summed E-state index contributed by atoms with van der Waals surface area (Å²) in [7, 11) is -2.34. The van der Waals surface area contributed by atoms with Crippen LogP contribution in [0.1, 0.15) is 17.2 Å². The van der Waals surface area contributed by atoms with Crippen molar-refractivity contribution >= 4 is 27.5 Å². The van der Waals surface area contributed by atoms with Crippen molar-refractivity contribution in [3.05, 3.63) is 95.0 Å². The van der Waals surface area contributed by atoms with Gasteiger partial charge in [-0.1, -0.05) is 54.1 Å². The van der Waals surface area contributed by atoms with Crippen LogP contribution in [0, 0.1) is 0 Å². The molecule has 8 nitrogen and oxygen atoms in total. The molecule has 0 aliphatic carbocycles. The van der Waals surface area contributed by atoms with Crippen LogP contribution in [-0.4, -0.2) is 70.0 Å². The number of halogens is 1. The van der Waals surface area contributed by atoms with Crippen molar-refractivity contribution in [1.82, 2.24) is 14.5 Å². The molecule has 1 N–H and O–H groups in total. The number of morpholine rings is 1. The van der Waals surface area contributed by atoms with Crippen molar-refractivity contribution in [3.63, 3.8) is 0 Å². The van der Waals surface area contributed by atoms with Crippen molar-refractivity contribution in [2.24, 2.45) is 0 Å². The van der Waals surface area contributed by atoms with Gasteiger partial charge in [0.2, 0.25) is 15.9 Å². The highest BCUT2D eigenvalue weighted by Gasteiger charge is 2.28. The number of nitrogens with one attached hydrogen (secondary N) is 1. The lowest BCUT2D eigenvalue weighted by Crippen LogP contribution is -2.46. The first-order valence-electron chi connectivity index (χ1n) is 12.4. The van der Waals surface area contributed by atoms with Gasteiger partial charge in [-0.3, -0.25) is 9.69 Å². The summed E-state index contributed by atoms with van der Waals surface area (Å²) in [6.07, 6.45) is 0. The molecule has 1 fully saturated rings. The molecule has 202 valence electrons. The molecule has 1 aliphatic rings. The molecule has 1 atom stereocenters. The fourth-order valence-electron chi connectivity index (χ4n) is 4.37. The molecular weight excluding hydrogens is 526 g/mol. The van der Waals surface area contributed by atoms with Gasteiger partial charge in [0.25, 0.3) is 0 Å². The molecule has 0 unspecified atom stereocenters. The number of sulfonamides is 1. The van der Waals surface area contributed by atoms with Gasteiger partial charge in [0.1, 0.15) is 5.75 Å². The minimum Gasteiger partial charge on any atom is -0.497 e. The third-order valence-electron chi connectivity index (χ3n) is 6.45. The van der Waals surface area contributed by atoms with E-state index in [1.165, 1.54) is 28.6 Å². The third kappa shape index (κ3) is 7.33. The zero-order valence-corrected chi connectivity index (χ0v) is 22.8. The number of carbonyl (C=O) groups excluding carboxylic acids is 1. The van der Waals surface area contributed by atoms with Crippen LogP contribution >= 0.6 is 11.6 Å². The van der Waals surface area contributed by atoms with E-state index in [0.29, 0.717) is 24.8 Å². The highest BCUT2D eigenvalue weighted by atomic mass is 35.5. The van der Waals surface area contributed by atoms with Crippen LogP contribution in [-0.2, 0) is 26.1 Å². The van der Waals surface area contributed by atoms with Gasteiger partial charge in [-0.05, 0) is 47.5 Å². The first-order chi connectivity index (χ1) is 18.4. The van der Waals surface area contributed by atoms with E-state index in [2.05, 4.69) is 10.2 Å². The SMILES string of the molecule is COc1ccc([C@@H](CNC(=O)CN(Cc2ccccc2)S(=O)(=O)c2ccc(Cl)cc2)N2CCOCC2)cc1. The molecule has 4 rings (SSSR count). The molecule has 10 heteroatoms. The number of hydrogen-bond acceptors (Lipinski definition) is 6. The monoisotopic (exact) mass is 557 g/mol. The molecule has 1 amide bonds. The maximum Gasteiger partial charge on any atom is 0.243 e. The smallest absolute Gasteiger partial charge is 0.243 e. The molecule has 0 saturated carbocycles. The number of benzene rings is 3. The van der Waals surface area contributed by atoms with Gasteiger partial charge >= 0.3 is 0 Å².